The lowest BCUT2D eigenvalue weighted by Gasteiger charge is -2.22. The van der Waals surface area contributed by atoms with E-state index in [9.17, 15) is 14.7 Å². The number of benzene rings is 2. The van der Waals surface area contributed by atoms with Gasteiger partial charge < -0.3 is 9.84 Å². The maximum absolute atomic E-state index is 13.5. The zero-order valence-corrected chi connectivity index (χ0v) is 25.2. The van der Waals surface area contributed by atoms with Gasteiger partial charge in [0.15, 0.2) is 4.34 Å². The molecule has 2 aromatic carbocycles. The van der Waals surface area contributed by atoms with Crippen LogP contribution in [0.1, 0.15) is 60.9 Å². The summed E-state index contributed by atoms with van der Waals surface area (Å²) in [4.78, 5) is 32.2. The Morgan fingerprint density at radius 2 is 1.71 bits per heavy atom. The number of rotatable bonds is 12. The van der Waals surface area contributed by atoms with E-state index in [1.54, 1.807) is 12.1 Å². The van der Waals surface area contributed by atoms with Crippen LogP contribution in [0.3, 0.4) is 0 Å². The Bertz CT molecular complexity index is 1550. The molecule has 4 aromatic rings. The van der Waals surface area contributed by atoms with Gasteiger partial charge in [0.1, 0.15) is 11.5 Å². The van der Waals surface area contributed by atoms with E-state index in [-0.39, 0.29) is 11.3 Å². The van der Waals surface area contributed by atoms with Crippen LogP contribution in [-0.2, 0) is 15.3 Å². The molecule has 5 rings (SSSR count). The number of aromatic nitrogens is 3. The van der Waals surface area contributed by atoms with Crippen molar-refractivity contribution in [3.63, 3.8) is 0 Å². The molecule has 216 valence electrons. The lowest BCUT2D eigenvalue weighted by Crippen LogP contribution is -2.29. The number of anilines is 1. The molecule has 1 fully saturated rings. The Kier molecular flexibility index (Phi) is 9.66. The molecule has 1 aliphatic heterocycles. The van der Waals surface area contributed by atoms with Crippen LogP contribution in [0, 0.1) is 6.92 Å². The summed E-state index contributed by atoms with van der Waals surface area (Å²) in [5.41, 5.74) is 3.37. The van der Waals surface area contributed by atoms with Gasteiger partial charge in [-0.25, -0.2) is 0 Å². The van der Waals surface area contributed by atoms with Gasteiger partial charge in [-0.15, -0.1) is 10.2 Å². The topological polar surface area (TPSA) is 106 Å². The molecule has 10 heteroatoms. The second kappa shape index (κ2) is 13.8. The minimum atomic E-state index is -0.889. The van der Waals surface area contributed by atoms with E-state index in [1.807, 2.05) is 31.2 Å². The second-order valence-electron chi connectivity index (χ2n) is 10.0. The zero-order valence-electron chi connectivity index (χ0n) is 23.5. The highest BCUT2D eigenvalue weighted by atomic mass is 32.2. The van der Waals surface area contributed by atoms with Gasteiger partial charge in [0.2, 0.25) is 5.13 Å². The van der Waals surface area contributed by atoms with E-state index >= 15 is 0 Å². The fourth-order valence-corrected chi connectivity index (χ4v) is 6.49. The molecular weight excluding hydrogens is 569 g/mol. The molecule has 0 radical (unpaired) electrons. The van der Waals surface area contributed by atoms with Gasteiger partial charge >= 0.3 is 5.91 Å². The first-order chi connectivity index (χ1) is 20.5. The number of hydrogen-bond donors (Lipinski definition) is 1. The average Bonchev–Trinajstić information content (AvgIpc) is 3.59. The third kappa shape index (κ3) is 6.71. The Balaban J connectivity index is 1.44. The number of Topliss-reactive ketones (excluding diaryl/α,β-unsaturated/α-hetero) is 1. The molecule has 3 heterocycles. The molecule has 1 unspecified atom stereocenters. The van der Waals surface area contributed by atoms with Gasteiger partial charge in [-0.2, -0.15) is 0 Å². The fourth-order valence-electron chi connectivity index (χ4n) is 4.66. The molecule has 42 heavy (non-hydrogen) atoms. The van der Waals surface area contributed by atoms with Crippen LogP contribution in [0.25, 0.3) is 5.76 Å². The highest BCUT2D eigenvalue weighted by Gasteiger charge is 2.48. The van der Waals surface area contributed by atoms with Gasteiger partial charge in [-0.1, -0.05) is 91.2 Å². The molecule has 1 aliphatic rings. The van der Waals surface area contributed by atoms with Crippen LogP contribution in [0.5, 0.6) is 5.75 Å². The first-order valence-corrected chi connectivity index (χ1v) is 15.7. The summed E-state index contributed by atoms with van der Waals surface area (Å²) in [6.07, 6.45) is 7.47. The number of amides is 1. The summed E-state index contributed by atoms with van der Waals surface area (Å²) in [6.45, 7) is 4.83. The van der Waals surface area contributed by atoms with E-state index in [2.05, 4.69) is 46.4 Å². The fraction of sp³-hybridized carbons (Fsp3) is 0.281. The van der Waals surface area contributed by atoms with Crippen molar-refractivity contribution in [2.45, 2.75) is 55.7 Å². The van der Waals surface area contributed by atoms with E-state index in [4.69, 9.17) is 4.74 Å². The van der Waals surface area contributed by atoms with Gasteiger partial charge in [-0.05, 0) is 48.7 Å². The normalized spacial score (nSPS) is 16.2. The average molecular weight is 601 g/mol. The second-order valence-corrected chi connectivity index (χ2v) is 12.2. The van der Waals surface area contributed by atoms with Crippen molar-refractivity contribution < 1.29 is 19.4 Å². The number of aliphatic hydroxyl groups excluding tert-OH is 1. The van der Waals surface area contributed by atoms with E-state index in [1.165, 1.54) is 52.4 Å². The van der Waals surface area contributed by atoms with Gasteiger partial charge in [0.25, 0.3) is 5.78 Å². The van der Waals surface area contributed by atoms with Crippen LogP contribution < -0.4 is 9.64 Å². The van der Waals surface area contributed by atoms with Crippen LogP contribution in [0.2, 0.25) is 0 Å². The number of carbonyl (C=O) groups excluding carboxylic acids is 2. The standard InChI is InChI=1S/C32H32N4O4S2/c1-3-4-5-6-19-40-25-13-11-23(12-14-25)27-26(28(37)24-15-17-33-18-16-24)29(38)30(39)36(27)31-34-35-32(42-31)41-20-22-9-7-21(2)8-10-22/h7-18,27,37H,3-6,19-20H2,1-2H3. The molecule has 1 atom stereocenters. The van der Waals surface area contributed by atoms with Crippen molar-refractivity contribution in [1.82, 2.24) is 15.2 Å². The summed E-state index contributed by atoms with van der Waals surface area (Å²) in [5, 5.41) is 20.2. The van der Waals surface area contributed by atoms with Crippen LogP contribution >= 0.6 is 23.1 Å². The monoisotopic (exact) mass is 600 g/mol. The quantitative estimate of drug-likeness (QED) is 0.0458. The number of hydrogen-bond acceptors (Lipinski definition) is 9. The number of thioether (sulfide) groups is 1. The highest BCUT2D eigenvalue weighted by Crippen LogP contribution is 2.44. The van der Waals surface area contributed by atoms with Crippen molar-refractivity contribution in [3.8, 4) is 5.75 Å². The van der Waals surface area contributed by atoms with E-state index in [0.717, 1.165) is 24.8 Å². The number of pyridine rings is 1. The van der Waals surface area contributed by atoms with Crippen molar-refractivity contribution in [1.29, 1.82) is 0 Å². The first-order valence-electron chi connectivity index (χ1n) is 13.9. The van der Waals surface area contributed by atoms with Gasteiger partial charge in [-0.3, -0.25) is 19.5 Å². The largest absolute Gasteiger partial charge is 0.507 e. The third-order valence-electron chi connectivity index (χ3n) is 6.95. The predicted molar refractivity (Wildman–Crippen MR) is 166 cm³/mol. The van der Waals surface area contributed by atoms with Crippen molar-refractivity contribution in [2.75, 3.05) is 11.5 Å². The van der Waals surface area contributed by atoms with Crippen LogP contribution in [0.15, 0.2) is 83.0 Å². The molecule has 0 bridgehead atoms. The molecule has 2 aromatic heterocycles. The molecular formula is C32H32N4O4S2. The van der Waals surface area contributed by atoms with Crippen molar-refractivity contribution >= 4 is 45.7 Å². The lowest BCUT2D eigenvalue weighted by molar-refractivity contribution is -0.132. The number of aliphatic hydroxyl groups is 1. The predicted octanol–water partition coefficient (Wildman–Crippen LogP) is 7.12. The Morgan fingerprint density at radius 1 is 0.976 bits per heavy atom. The lowest BCUT2D eigenvalue weighted by atomic mass is 9.95. The third-order valence-corrected chi connectivity index (χ3v) is 9.07. The van der Waals surface area contributed by atoms with Gasteiger partial charge in [0.05, 0.1) is 18.2 Å². The molecule has 1 amide bonds. The maximum atomic E-state index is 13.5. The number of aryl methyl sites for hydroxylation is 1. The first kappa shape index (κ1) is 29.5. The zero-order chi connectivity index (χ0) is 29.5. The van der Waals surface area contributed by atoms with Crippen molar-refractivity contribution in [3.05, 3.63) is 101 Å². The minimum Gasteiger partial charge on any atom is -0.507 e. The molecule has 1 saturated heterocycles. The van der Waals surface area contributed by atoms with E-state index in [0.29, 0.717) is 38.7 Å². The summed E-state index contributed by atoms with van der Waals surface area (Å²) >= 11 is 2.76. The Morgan fingerprint density at radius 3 is 2.43 bits per heavy atom. The molecule has 8 nitrogen and oxygen atoms in total. The molecule has 0 saturated carbocycles. The molecule has 1 N–H and O–H groups in total. The molecule has 0 spiro atoms. The number of unbranched alkanes of at least 4 members (excludes halogenated alkanes) is 3. The highest BCUT2D eigenvalue weighted by molar-refractivity contribution is 8.00. The number of ether oxygens (including phenoxy) is 1. The Labute approximate surface area is 253 Å². The molecule has 0 aliphatic carbocycles. The number of nitrogens with zero attached hydrogens (tertiary/aromatic N) is 4. The van der Waals surface area contributed by atoms with Crippen LogP contribution in [0.4, 0.5) is 5.13 Å². The summed E-state index contributed by atoms with van der Waals surface area (Å²) in [6, 6.07) is 17.9. The summed E-state index contributed by atoms with van der Waals surface area (Å²) in [7, 11) is 0. The number of ketones is 1. The summed E-state index contributed by atoms with van der Waals surface area (Å²) < 4.78 is 6.58. The van der Waals surface area contributed by atoms with E-state index < -0.39 is 17.7 Å². The summed E-state index contributed by atoms with van der Waals surface area (Å²) in [5.74, 6) is -0.420. The maximum Gasteiger partial charge on any atom is 0.301 e. The number of carbonyl (C=O) groups is 2. The minimum absolute atomic E-state index is 0.0107. The smallest absolute Gasteiger partial charge is 0.301 e. The van der Waals surface area contributed by atoms with Gasteiger partial charge in [0, 0.05) is 23.7 Å². The SMILES string of the molecule is CCCCCCOc1ccc(C2C(=C(O)c3ccncc3)C(=O)C(=O)N2c2nnc(SCc3ccc(C)cc3)s2)cc1. The van der Waals surface area contributed by atoms with Crippen molar-refractivity contribution in [2.24, 2.45) is 0 Å². The van der Waals surface area contributed by atoms with Crippen LogP contribution in [-0.4, -0.2) is 38.6 Å². The Hall–Kier alpha value is -4.02.